The third-order valence-corrected chi connectivity index (χ3v) is 8.63. The highest BCUT2D eigenvalue weighted by atomic mass is 32.2. The average molecular weight is 538 g/mol. The molecular formula is C26H43N5O5S. The zero-order chi connectivity index (χ0) is 26.5. The topological polar surface area (TPSA) is 138 Å². The molecule has 0 aromatic heterocycles. The Morgan fingerprint density at radius 1 is 1.00 bits per heavy atom. The standard InChI is InChI=1S/C26H43N5O5S/c1-2-3-4-5-6-7-8-11-18(16-23(33)27-19-14-15-36-25(19)34)30-31-22(32)13-10-9-12-21-24-20(17-37-21)28-26(35)29-24/h19-21,24H,2-17H2,1H3,(H,27,33)(H,31,32)(H2,28,29,35)/b30-18-/t19-,20-,21-,24+/m0/s1. The van der Waals surface area contributed by atoms with Crippen molar-refractivity contribution in [3.8, 4) is 0 Å². The van der Waals surface area contributed by atoms with Crippen LogP contribution in [0.2, 0.25) is 0 Å². The van der Waals surface area contributed by atoms with E-state index in [4.69, 9.17) is 4.74 Å². The van der Waals surface area contributed by atoms with Crippen LogP contribution in [-0.2, 0) is 19.1 Å². The maximum Gasteiger partial charge on any atom is 0.328 e. The predicted octanol–water partition coefficient (Wildman–Crippen LogP) is 3.15. The van der Waals surface area contributed by atoms with Gasteiger partial charge in [-0.25, -0.2) is 15.0 Å². The van der Waals surface area contributed by atoms with Gasteiger partial charge in [-0.15, -0.1) is 0 Å². The predicted molar refractivity (Wildman–Crippen MR) is 144 cm³/mol. The number of hydrogen-bond donors (Lipinski definition) is 4. The number of fused-ring (bicyclic) bond motifs is 1. The molecule has 0 bridgehead atoms. The number of ether oxygens (including phenoxy) is 1. The Hall–Kier alpha value is -2.30. The maximum atomic E-state index is 12.5. The highest BCUT2D eigenvalue weighted by molar-refractivity contribution is 8.00. The molecule has 10 nitrogen and oxygen atoms in total. The largest absolute Gasteiger partial charge is 0.464 e. The Balaban J connectivity index is 1.38. The van der Waals surface area contributed by atoms with Crippen LogP contribution in [-0.4, -0.2) is 65.3 Å². The molecule has 4 N–H and O–H groups in total. The fourth-order valence-corrected chi connectivity index (χ4v) is 6.54. The number of urea groups is 1. The van der Waals surface area contributed by atoms with E-state index in [1.54, 1.807) is 0 Å². The number of esters is 1. The fourth-order valence-electron chi connectivity index (χ4n) is 5.00. The minimum atomic E-state index is -0.594. The lowest BCUT2D eigenvalue weighted by molar-refractivity contribution is -0.141. The van der Waals surface area contributed by atoms with Crippen LogP contribution in [0.4, 0.5) is 4.79 Å². The summed E-state index contributed by atoms with van der Waals surface area (Å²) in [4.78, 5) is 48.1. The van der Waals surface area contributed by atoms with Crippen LogP contribution in [0.5, 0.6) is 0 Å². The molecule has 37 heavy (non-hydrogen) atoms. The number of carbonyl (C=O) groups excluding carboxylic acids is 4. The zero-order valence-corrected chi connectivity index (χ0v) is 22.8. The van der Waals surface area contributed by atoms with Gasteiger partial charge in [0.1, 0.15) is 6.04 Å². The summed E-state index contributed by atoms with van der Waals surface area (Å²) in [7, 11) is 0. The van der Waals surface area contributed by atoms with Crippen LogP contribution < -0.4 is 21.4 Å². The SMILES string of the molecule is CCCCCCCCC/C(CC(=O)N[C@H]1CCOC1=O)=N/NC(=O)CCCC[C@@H]1SC[C@@H]2NC(=O)N[C@H]21. The van der Waals surface area contributed by atoms with E-state index in [0.717, 1.165) is 44.3 Å². The van der Waals surface area contributed by atoms with Gasteiger partial charge < -0.3 is 20.7 Å². The van der Waals surface area contributed by atoms with Crippen molar-refractivity contribution in [1.82, 2.24) is 21.4 Å². The number of cyclic esters (lactones) is 1. The molecule has 0 saturated carbocycles. The molecule has 0 aromatic carbocycles. The van der Waals surface area contributed by atoms with E-state index in [1.807, 2.05) is 11.8 Å². The van der Waals surface area contributed by atoms with Gasteiger partial charge in [0.2, 0.25) is 11.8 Å². The Bertz CT molecular complexity index is 823. The second kappa shape index (κ2) is 15.8. The summed E-state index contributed by atoms with van der Waals surface area (Å²) in [6.07, 6.45) is 12.2. The molecule has 0 aromatic rings. The molecule has 0 unspecified atom stereocenters. The van der Waals surface area contributed by atoms with Crippen molar-refractivity contribution in [2.45, 2.75) is 120 Å². The van der Waals surface area contributed by atoms with Gasteiger partial charge >= 0.3 is 12.0 Å². The van der Waals surface area contributed by atoms with E-state index < -0.39 is 12.0 Å². The summed E-state index contributed by atoms with van der Waals surface area (Å²) in [5, 5.41) is 13.3. The lowest BCUT2D eigenvalue weighted by atomic mass is 10.0. The summed E-state index contributed by atoms with van der Waals surface area (Å²) in [6.45, 7) is 2.52. The third-order valence-electron chi connectivity index (χ3n) is 7.12. The quantitative estimate of drug-likeness (QED) is 0.0739. The van der Waals surface area contributed by atoms with Crippen LogP contribution >= 0.6 is 11.8 Å². The van der Waals surface area contributed by atoms with E-state index >= 15 is 0 Å². The molecule has 3 fully saturated rings. The average Bonchev–Trinajstić information content (AvgIpc) is 3.55. The van der Waals surface area contributed by atoms with E-state index in [-0.39, 0.29) is 36.3 Å². The van der Waals surface area contributed by atoms with Crippen molar-refractivity contribution < 1.29 is 23.9 Å². The zero-order valence-electron chi connectivity index (χ0n) is 22.0. The number of nitrogens with zero attached hydrogens (tertiary/aromatic N) is 1. The Kier molecular flexibility index (Phi) is 12.5. The number of hydrogen-bond acceptors (Lipinski definition) is 7. The van der Waals surface area contributed by atoms with E-state index in [9.17, 15) is 19.2 Å². The highest BCUT2D eigenvalue weighted by Gasteiger charge is 2.42. The number of unbranched alkanes of at least 4 members (excludes halogenated alkanes) is 7. The van der Waals surface area contributed by atoms with Gasteiger partial charge in [0, 0.05) is 29.6 Å². The summed E-state index contributed by atoms with van der Waals surface area (Å²) >= 11 is 1.87. The van der Waals surface area contributed by atoms with Gasteiger partial charge in [-0.05, 0) is 25.7 Å². The molecule has 4 atom stereocenters. The molecule has 0 spiro atoms. The van der Waals surface area contributed by atoms with Gasteiger partial charge in [0.05, 0.1) is 25.1 Å². The molecule has 11 heteroatoms. The third kappa shape index (κ3) is 10.2. The summed E-state index contributed by atoms with van der Waals surface area (Å²) in [5.74, 6) is 0.0935. The molecular weight excluding hydrogens is 494 g/mol. The van der Waals surface area contributed by atoms with Gasteiger partial charge in [0.25, 0.3) is 0 Å². The second-order valence-electron chi connectivity index (χ2n) is 10.2. The van der Waals surface area contributed by atoms with Crippen molar-refractivity contribution in [3.63, 3.8) is 0 Å². The monoisotopic (exact) mass is 537 g/mol. The number of hydrazone groups is 1. The first-order valence-electron chi connectivity index (χ1n) is 13.9. The smallest absolute Gasteiger partial charge is 0.328 e. The Labute approximate surface area is 224 Å². The number of thioether (sulfide) groups is 1. The number of carbonyl (C=O) groups is 4. The van der Waals surface area contributed by atoms with E-state index in [1.165, 1.54) is 25.7 Å². The van der Waals surface area contributed by atoms with Crippen molar-refractivity contribution in [3.05, 3.63) is 0 Å². The van der Waals surface area contributed by atoms with Crippen LogP contribution in [0.15, 0.2) is 5.10 Å². The van der Waals surface area contributed by atoms with Gasteiger partial charge in [-0.3, -0.25) is 9.59 Å². The van der Waals surface area contributed by atoms with Crippen molar-refractivity contribution in [2.24, 2.45) is 5.10 Å². The van der Waals surface area contributed by atoms with E-state index in [0.29, 0.717) is 36.8 Å². The second-order valence-corrected chi connectivity index (χ2v) is 11.5. The first kappa shape index (κ1) is 29.3. The molecule has 0 aliphatic carbocycles. The summed E-state index contributed by atoms with van der Waals surface area (Å²) < 4.78 is 4.91. The van der Waals surface area contributed by atoms with Crippen LogP contribution in [0, 0.1) is 0 Å². The maximum absolute atomic E-state index is 12.5. The first-order chi connectivity index (χ1) is 18.0. The number of nitrogens with one attached hydrogen (secondary N) is 4. The lowest BCUT2D eigenvalue weighted by Gasteiger charge is -2.16. The van der Waals surface area contributed by atoms with Crippen molar-refractivity contribution in [1.29, 1.82) is 0 Å². The molecule has 3 rings (SSSR count). The first-order valence-corrected chi connectivity index (χ1v) is 15.0. The summed E-state index contributed by atoms with van der Waals surface area (Å²) in [6, 6.07) is -0.279. The van der Waals surface area contributed by atoms with Gasteiger partial charge in [-0.2, -0.15) is 16.9 Å². The number of rotatable bonds is 17. The Morgan fingerprint density at radius 2 is 1.76 bits per heavy atom. The van der Waals surface area contributed by atoms with Crippen molar-refractivity contribution >= 4 is 41.3 Å². The van der Waals surface area contributed by atoms with Gasteiger partial charge in [-0.1, -0.05) is 51.9 Å². The molecule has 3 aliphatic rings. The molecule has 208 valence electrons. The summed E-state index contributed by atoms with van der Waals surface area (Å²) in [5.41, 5.74) is 3.26. The minimum Gasteiger partial charge on any atom is -0.464 e. The van der Waals surface area contributed by atoms with E-state index in [2.05, 4.69) is 33.4 Å². The van der Waals surface area contributed by atoms with Crippen LogP contribution in [0.3, 0.4) is 0 Å². The lowest BCUT2D eigenvalue weighted by Crippen LogP contribution is -2.39. The van der Waals surface area contributed by atoms with Gasteiger partial charge in [0.15, 0.2) is 0 Å². The normalized spacial score (nSPS) is 24.8. The molecule has 4 amide bonds. The minimum absolute atomic E-state index is 0.0567. The van der Waals surface area contributed by atoms with Crippen LogP contribution in [0.25, 0.3) is 0 Å². The highest BCUT2D eigenvalue weighted by Crippen LogP contribution is 2.33. The molecule has 3 heterocycles. The molecule has 0 radical (unpaired) electrons. The number of amides is 4. The van der Waals surface area contributed by atoms with Crippen LogP contribution in [0.1, 0.15) is 96.8 Å². The molecule has 3 aliphatic heterocycles. The Morgan fingerprint density at radius 3 is 2.51 bits per heavy atom. The van der Waals surface area contributed by atoms with Crippen molar-refractivity contribution in [2.75, 3.05) is 12.4 Å². The molecule has 3 saturated heterocycles. The fraction of sp³-hybridized carbons (Fsp3) is 0.808.